The first-order valence-corrected chi connectivity index (χ1v) is 11.4. The normalized spacial score (nSPS) is 11.6. The molecule has 2 N–H and O–H groups in total. The molecule has 2 aromatic rings. The second-order valence-corrected chi connectivity index (χ2v) is 9.64. The minimum absolute atomic E-state index is 0.209. The number of ketones is 1. The van der Waals surface area contributed by atoms with Crippen LogP contribution in [0.2, 0.25) is 0 Å². The van der Waals surface area contributed by atoms with Crippen LogP contribution in [0.15, 0.2) is 48.5 Å². The Morgan fingerprint density at radius 3 is 1.82 bits per heavy atom. The Bertz CT molecular complexity index is 993. The van der Waals surface area contributed by atoms with Gasteiger partial charge in [0, 0.05) is 5.56 Å². The molecule has 0 aliphatic heterocycles. The molecule has 0 spiro atoms. The zero-order chi connectivity index (χ0) is 25.4. The second kappa shape index (κ2) is 11.7. The van der Waals surface area contributed by atoms with Crippen LogP contribution in [0.1, 0.15) is 69.3 Å². The number of hydrogen-bond acceptors (Lipinski definition) is 5. The Morgan fingerprint density at radius 2 is 1.29 bits per heavy atom. The molecule has 0 atom stereocenters. The third-order valence-corrected chi connectivity index (χ3v) is 5.81. The highest BCUT2D eigenvalue weighted by Gasteiger charge is 2.27. The molecule has 0 aliphatic rings. The van der Waals surface area contributed by atoms with Gasteiger partial charge in [-0.3, -0.25) is 14.4 Å². The molecular formula is C27H34O7. The molecule has 0 fully saturated rings. The molecule has 0 unspecified atom stereocenters. The molecule has 2 aromatic carbocycles. The summed E-state index contributed by atoms with van der Waals surface area (Å²) in [6.45, 7) is 7.29. The SMILES string of the molecule is CC(C)(CCCOc1ccc(OCCCC(C)(C)C(=O)O)c(C(=O)c2ccccc2)c1)C(=O)O. The third-order valence-electron chi connectivity index (χ3n) is 5.81. The molecule has 0 saturated heterocycles. The van der Waals surface area contributed by atoms with Gasteiger partial charge in [-0.2, -0.15) is 0 Å². The van der Waals surface area contributed by atoms with E-state index in [0.717, 1.165) is 0 Å². The van der Waals surface area contributed by atoms with E-state index >= 15 is 0 Å². The number of aliphatic carboxylic acids is 2. The van der Waals surface area contributed by atoms with Gasteiger partial charge in [-0.15, -0.1) is 0 Å². The standard InChI is InChI=1S/C27H34O7/c1-26(2,24(29)30)14-8-16-33-20-12-13-22(34-17-9-15-27(3,4)25(31)32)21(18-20)23(28)19-10-6-5-7-11-19/h5-7,10-13,18H,8-9,14-17H2,1-4H3,(H,29,30)(H,31,32). The minimum atomic E-state index is -0.860. The summed E-state index contributed by atoms with van der Waals surface area (Å²) in [6, 6.07) is 13.9. The molecule has 2 rings (SSSR count). The van der Waals surface area contributed by atoms with Gasteiger partial charge >= 0.3 is 11.9 Å². The van der Waals surface area contributed by atoms with Crippen LogP contribution < -0.4 is 9.47 Å². The van der Waals surface area contributed by atoms with Gasteiger partial charge in [0.1, 0.15) is 11.5 Å². The van der Waals surface area contributed by atoms with Crippen molar-refractivity contribution in [3.8, 4) is 11.5 Å². The second-order valence-electron chi connectivity index (χ2n) is 9.64. The van der Waals surface area contributed by atoms with Gasteiger partial charge in [-0.1, -0.05) is 30.3 Å². The van der Waals surface area contributed by atoms with Crippen LogP contribution in [0.25, 0.3) is 0 Å². The van der Waals surface area contributed by atoms with Gasteiger partial charge < -0.3 is 19.7 Å². The fraction of sp³-hybridized carbons (Fsp3) is 0.444. The quantitative estimate of drug-likeness (QED) is 0.279. The van der Waals surface area contributed by atoms with Gasteiger partial charge in [0.05, 0.1) is 29.6 Å². The fourth-order valence-electron chi connectivity index (χ4n) is 3.26. The Labute approximate surface area is 200 Å². The van der Waals surface area contributed by atoms with Crippen LogP contribution in [0.4, 0.5) is 0 Å². The summed E-state index contributed by atoms with van der Waals surface area (Å²) >= 11 is 0. The van der Waals surface area contributed by atoms with E-state index in [1.54, 1.807) is 70.2 Å². The van der Waals surface area contributed by atoms with Crippen molar-refractivity contribution in [2.45, 2.75) is 53.4 Å². The van der Waals surface area contributed by atoms with E-state index in [1.165, 1.54) is 0 Å². The average molecular weight is 471 g/mol. The summed E-state index contributed by atoms with van der Waals surface area (Å²) in [5, 5.41) is 18.5. The summed E-state index contributed by atoms with van der Waals surface area (Å²) in [6.07, 6.45) is 1.99. The molecule has 0 saturated carbocycles. The zero-order valence-corrected chi connectivity index (χ0v) is 20.3. The Balaban J connectivity index is 2.11. The first-order chi connectivity index (χ1) is 15.9. The van der Waals surface area contributed by atoms with Crippen molar-refractivity contribution in [3.63, 3.8) is 0 Å². The maximum absolute atomic E-state index is 13.2. The molecule has 0 heterocycles. The predicted molar refractivity (Wildman–Crippen MR) is 129 cm³/mol. The Hall–Kier alpha value is -3.35. The molecule has 0 aromatic heterocycles. The fourth-order valence-corrected chi connectivity index (χ4v) is 3.26. The molecule has 7 nitrogen and oxygen atoms in total. The molecule has 0 amide bonds. The smallest absolute Gasteiger partial charge is 0.309 e. The van der Waals surface area contributed by atoms with Crippen molar-refractivity contribution in [3.05, 3.63) is 59.7 Å². The third kappa shape index (κ3) is 7.61. The molecule has 0 aliphatic carbocycles. The largest absolute Gasteiger partial charge is 0.494 e. The van der Waals surface area contributed by atoms with E-state index in [-0.39, 0.29) is 12.4 Å². The lowest BCUT2D eigenvalue weighted by Crippen LogP contribution is -2.24. The van der Waals surface area contributed by atoms with Crippen molar-refractivity contribution < 1.29 is 34.1 Å². The van der Waals surface area contributed by atoms with Crippen LogP contribution in [0.5, 0.6) is 11.5 Å². The first-order valence-electron chi connectivity index (χ1n) is 11.4. The minimum Gasteiger partial charge on any atom is -0.494 e. The summed E-state index contributed by atoms with van der Waals surface area (Å²) in [4.78, 5) is 35.7. The van der Waals surface area contributed by atoms with Gasteiger partial charge in [0.15, 0.2) is 5.78 Å². The van der Waals surface area contributed by atoms with Crippen LogP contribution >= 0.6 is 0 Å². The van der Waals surface area contributed by atoms with E-state index in [2.05, 4.69) is 0 Å². The highest BCUT2D eigenvalue weighted by molar-refractivity contribution is 6.10. The zero-order valence-electron chi connectivity index (χ0n) is 20.3. The molecule has 0 radical (unpaired) electrons. The lowest BCUT2D eigenvalue weighted by molar-refractivity contribution is -0.148. The Morgan fingerprint density at radius 1 is 0.765 bits per heavy atom. The molecular weight excluding hydrogens is 436 g/mol. The number of carbonyl (C=O) groups excluding carboxylic acids is 1. The topological polar surface area (TPSA) is 110 Å². The monoisotopic (exact) mass is 470 g/mol. The number of carboxylic acid groups (broad SMARTS) is 2. The molecule has 34 heavy (non-hydrogen) atoms. The van der Waals surface area contributed by atoms with Crippen LogP contribution in [0, 0.1) is 10.8 Å². The number of carboxylic acids is 2. The first kappa shape index (κ1) is 26.9. The van der Waals surface area contributed by atoms with Crippen molar-refractivity contribution in [2.24, 2.45) is 10.8 Å². The van der Waals surface area contributed by atoms with Crippen molar-refractivity contribution >= 4 is 17.7 Å². The highest BCUT2D eigenvalue weighted by atomic mass is 16.5. The van der Waals surface area contributed by atoms with Crippen molar-refractivity contribution in [1.29, 1.82) is 0 Å². The molecule has 184 valence electrons. The maximum atomic E-state index is 13.2. The summed E-state index contributed by atoms with van der Waals surface area (Å²) in [5.74, 6) is -1.02. The summed E-state index contributed by atoms with van der Waals surface area (Å²) in [7, 11) is 0. The van der Waals surface area contributed by atoms with Gasteiger partial charge in [0.2, 0.25) is 0 Å². The van der Waals surface area contributed by atoms with E-state index in [0.29, 0.717) is 54.9 Å². The summed E-state index contributed by atoms with van der Waals surface area (Å²) in [5.41, 5.74) is -0.810. The average Bonchev–Trinajstić information content (AvgIpc) is 2.80. The number of carbonyl (C=O) groups is 3. The highest BCUT2D eigenvalue weighted by Crippen LogP contribution is 2.29. The number of ether oxygens (including phenoxy) is 2. The number of benzene rings is 2. The molecule has 7 heteroatoms. The van der Waals surface area contributed by atoms with E-state index in [4.69, 9.17) is 9.47 Å². The van der Waals surface area contributed by atoms with Crippen LogP contribution in [-0.2, 0) is 9.59 Å². The predicted octanol–water partition coefficient (Wildman–Crippen LogP) is 5.46. The van der Waals surface area contributed by atoms with Gasteiger partial charge in [-0.25, -0.2) is 0 Å². The molecule has 0 bridgehead atoms. The maximum Gasteiger partial charge on any atom is 0.309 e. The van der Waals surface area contributed by atoms with Crippen LogP contribution in [0.3, 0.4) is 0 Å². The van der Waals surface area contributed by atoms with Crippen molar-refractivity contribution in [1.82, 2.24) is 0 Å². The lowest BCUT2D eigenvalue weighted by Gasteiger charge is -2.19. The number of hydrogen-bond donors (Lipinski definition) is 2. The van der Waals surface area contributed by atoms with E-state index < -0.39 is 22.8 Å². The van der Waals surface area contributed by atoms with E-state index in [1.807, 2.05) is 6.07 Å². The van der Waals surface area contributed by atoms with Crippen LogP contribution in [-0.4, -0.2) is 41.1 Å². The van der Waals surface area contributed by atoms with Gasteiger partial charge in [-0.05, 0) is 71.6 Å². The van der Waals surface area contributed by atoms with Gasteiger partial charge in [0.25, 0.3) is 0 Å². The summed E-state index contributed by atoms with van der Waals surface area (Å²) < 4.78 is 11.7. The Kier molecular flexibility index (Phi) is 9.24. The lowest BCUT2D eigenvalue weighted by atomic mass is 9.88. The number of rotatable bonds is 14. The van der Waals surface area contributed by atoms with E-state index in [9.17, 15) is 24.6 Å². The van der Waals surface area contributed by atoms with Crippen molar-refractivity contribution in [2.75, 3.05) is 13.2 Å².